The molecule has 0 aliphatic heterocycles. The molecule has 3 rings (SSSR count). The minimum atomic E-state index is -0.645. The van der Waals surface area contributed by atoms with Gasteiger partial charge in [0.05, 0.1) is 13.2 Å². The van der Waals surface area contributed by atoms with Crippen LogP contribution in [0.2, 0.25) is 0 Å². The van der Waals surface area contributed by atoms with Gasteiger partial charge in [0.15, 0.2) is 0 Å². The lowest BCUT2D eigenvalue weighted by Crippen LogP contribution is -2.12. The Labute approximate surface area is 115 Å². The topological polar surface area (TPSA) is 48.4 Å². The highest BCUT2D eigenvalue weighted by molar-refractivity contribution is 5.77. The van der Waals surface area contributed by atoms with Crippen molar-refractivity contribution in [3.05, 3.63) is 65.7 Å². The summed E-state index contributed by atoms with van der Waals surface area (Å²) in [6.07, 6.45) is 0. The van der Waals surface area contributed by atoms with E-state index in [0.29, 0.717) is 17.1 Å². The molecule has 0 bridgehead atoms. The van der Waals surface area contributed by atoms with E-state index < -0.39 is 11.9 Å². The summed E-state index contributed by atoms with van der Waals surface area (Å²) in [5, 5.41) is 0.951. The monoisotopic (exact) mass is 271 g/mol. The maximum absolute atomic E-state index is 14.0. The molecule has 0 aliphatic carbocycles. The average Bonchev–Trinajstić information content (AvgIpc) is 2.90. The fourth-order valence-corrected chi connectivity index (χ4v) is 2.20. The molecular formula is C16H14FNO2. The highest BCUT2D eigenvalue weighted by atomic mass is 19.1. The Balaban J connectivity index is 2.01. The normalized spacial score (nSPS) is 12.6. The summed E-state index contributed by atoms with van der Waals surface area (Å²) < 4.78 is 24.7. The van der Waals surface area contributed by atoms with Crippen molar-refractivity contribution in [3.8, 4) is 5.75 Å². The number of para-hydroxylation sites is 1. The average molecular weight is 271 g/mol. The first-order valence-electron chi connectivity index (χ1n) is 6.26. The Morgan fingerprint density at radius 1 is 1.15 bits per heavy atom. The van der Waals surface area contributed by atoms with E-state index >= 15 is 0 Å². The number of ether oxygens (including phenoxy) is 1. The third kappa shape index (κ3) is 2.14. The van der Waals surface area contributed by atoms with Crippen LogP contribution in [-0.4, -0.2) is 7.11 Å². The largest absolute Gasteiger partial charge is 0.497 e. The van der Waals surface area contributed by atoms with Crippen molar-refractivity contribution < 1.29 is 13.5 Å². The predicted octanol–water partition coefficient (Wildman–Crippen LogP) is 3.63. The first-order chi connectivity index (χ1) is 9.69. The lowest BCUT2D eigenvalue weighted by atomic mass is 10.0. The van der Waals surface area contributed by atoms with Gasteiger partial charge in [-0.2, -0.15) is 0 Å². The minimum absolute atomic E-state index is 0.379. The Hall–Kier alpha value is -2.33. The number of methoxy groups -OCH3 is 1. The van der Waals surface area contributed by atoms with Crippen molar-refractivity contribution in [1.82, 2.24) is 0 Å². The Bertz CT molecular complexity index is 718. The first-order valence-corrected chi connectivity index (χ1v) is 6.26. The number of halogens is 1. The molecule has 2 N–H and O–H groups in total. The van der Waals surface area contributed by atoms with Gasteiger partial charge < -0.3 is 14.9 Å². The van der Waals surface area contributed by atoms with Crippen LogP contribution in [-0.2, 0) is 0 Å². The fraction of sp³-hybridized carbons (Fsp3) is 0.125. The smallest absolute Gasteiger partial charge is 0.134 e. The van der Waals surface area contributed by atoms with Crippen molar-refractivity contribution in [2.24, 2.45) is 5.73 Å². The van der Waals surface area contributed by atoms with Gasteiger partial charge in [-0.15, -0.1) is 0 Å². The van der Waals surface area contributed by atoms with Gasteiger partial charge in [0, 0.05) is 17.0 Å². The summed E-state index contributed by atoms with van der Waals surface area (Å²) in [6, 6.07) is 13.4. The van der Waals surface area contributed by atoms with E-state index in [9.17, 15) is 4.39 Å². The van der Waals surface area contributed by atoms with E-state index in [-0.39, 0.29) is 0 Å². The Morgan fingerprint density at radius 3 is 2.65 bits per heavy atom. The van der Waals surface area contributed by atoms with Gasteiger partial charge in [-0.25, -0.2) is 4.39 Å². The predicted molar refractivity (Wildman–Crippen MR) is 75.2 cm³/mol. The number of benzene rings is 2. The zero-order chi connectivity index (χ0) is 14.1. The Kier molecular flexibility index (Phi) is 3.16. The van der Waals surface area contributed by atoms with Crippen LogP contribution >= 0.6 is 0 Å². The fourth-order valence-electron chi connectivity index (χ4n) is 2.20. The van der Waals surface area contributed by atoms with Crippen LogP contribution in [0.1, 0.15) is 17.4 Å². The summed E-state index contributed by atoms with van der Waals surface area (Å²) in [5.41, 5.74) is 7.22. The summed E-state index contributed by atoms with van der Waals surface area (Å²) in [5.74, 6) is 0.593. The number of rotatable bonds is 3. The van der Waals surface area contributed by atoms with Crippen LogP contribution < -0.4 is 10.5 Å². The lowest BCUT2D eigenvalue weighted by Gasteiger charge is -2.11. The van der Waals surface area contributed by atoms with E-state index in [0.717, 1.165) is 11.0 Å². The highest BCUT2D eigenvalue weighted by Crippen LogP contribution is 2.29. The number of fused-ring (bicyclic) bond motifs is 1. The van der Waals surface area contributed by atoms with Crippen molar-refractivity contribution in [3.63, 3.8) is 0 Å². The molecule has 1 aromatic heterocycles. The summed E-state index contributed by atoms with van der Waals surface area (Å²) in [4.78, 5) is 0. The molecule has 2 aromatic carbocycles. The molecule has 3 nitrogen and oxygen atoms in total. The molecule has 20 heavy (non-hydrogen) atoms. The molecular weight excluding hydrogens is 257 g/mol. The van der Waals surface area contributed by atoms with Gasteiger partial charge in [0.25, 0.3) is 0 Å². The van der Waals surface area contributed by atoms with Crippen molar-refractivity contribution in [2.45, 2.75) is 6.04 Å². The molecule has 0 fully saturated rings. The molecule has 3 aromatic rings. The molecule has 0 saturated carbocycles. The van der Waals surface area contributed by atoms with Crippen LogP contribution in [0.4, 0.5) is 4.39 Å². The zero-order valence-electron chi connectivity index (χ0n) is 11.0. The Morgan fingerprint density at radius 2 is 1.95 bits per heavy atom. The van der Waals surface area contributed by atoms with Gasteiger partial charge in [0.1, 0.15) is 22.9 Å². The van der Waals surface area contributed by atoms with Crippen LogP contribution in [0, 0.1) is 5.82 Å². The van der Waals surface area contributed by atoms with E-state index in [4.69, 9.17) is 14.9 Å². The van der Waals surface area contributed by atoms with Gasteiger partial charge in [-0.3, -0.25) is 0 Å². The maximum Gasteiger partial charge on any atom is 0.134 e. The van der Waals surface area contributed by atoms with Crippen molar-refractivity contribution in [2.75, 3.05) is 7.11 Å². The van der Waals surface area contributed by atoms with Gasteiger partial charge in [-0.1, -0.05) is 24.3 Å². The molecule has 102 valence electrons. The van der Waals surface area contributed by atoms with E-state index in [1.165, 1.54) is 13.2 Å². The molecule has 0 amide bonds. The summed E-state index contributed by atoms with van der Waals surface area (Å²) in [6.45, 7) is 0. The first kappa shape index (κ1) is 12.7. The second-order valence-electron chi connectivity index (χ2n) is 4.55. The van der Waals surface area contributed by atoms with Crippen LogP contribution in [0.25, 0.3) is 11.0 Å². The van der Waals surface area contributed by atoms with Gasteiger partial charge in [-0.05, 0) is 18.2 Å². The molecule has 0 saturated heterocycles. The van der Waals surface area contributed by atoms with E-state index in [1.54, 1.807) is 12.1 Å². The van der Waals surface area contributed by atoms with Crippen LogP contribution in [0.3, 0.4) is 0 Å². The second kappa shape index (κ2) is 4.98. The third-order valence-corrected chi connectivity index (χ3v) is 3.29. The van der Waals surface area contributed by atoms with Crippen molar-refractivity contribution in [1.29, 1.82) is 0 Å². The number of hydrogen-bond acceptors (Lipinski definition) is 3. The van der Waals surface area contributed by atoms with E-state index in [1.807, 2.05) is 30.3 Å². The second-order valence-corrected chi connectivity index (χ2v) is 4.55. The number of hydrogen-bond donors (Lipinski definition) is 1. The van der Waals surface area contributed by atoms with Crippen LogP contribution in [0.5, 0.6) is 5.75 Å². The van der Waals surface area contributed by atoms with Crippen molar-refractivity contribution >= 4 is 11.0 Å². The zero-order valence-corrected chi connectivity index (χ0v) is 11.0. The van der Waals surface area contributed by atoms with Crippen LogP contribution in [0.15, 0.2) is 52.9 Å². The maximum atomic E-state index is 14.0. The molecule has 4 heteroatoms. The number of furan rings is 1. The molecule has 0 spiro atoms. The summed E-state index contributed by atoms with van der Waals surface area (Å²) in [7, 11) is 1.49. The quantitative estimate of drug-likeness (QED) is 0.791. The molecule has 0 radical (unpaired) electrons. The molecule has 1 heterocycles. The molecule has 1 atom stereocenters. The standard InChI is InChI=1S/C16H14FNO2/c1-19-11-6-7-12(13(17)9-11)16(18)15-8-10-4-2-3-5-14(10)20-15/h2-9,16H,18H2,1H3. The number of nitrogens with two attached hydrogens (primary N) is 1. The van der Waals surface area contributed by atoms with Gasteiger partial charge >= 0.3 is 0 Å². The highest BCUT2D eigenvalue weighted by Gasteiger charge is 2.18. The SMILES string of the molecule is COc1ccc(C(N)c2cc3ccccc3o2)c(F)c1. The third-order valence-electron chi connectivity index (χ3n) is 3.29. The molecule has 1 unspecified atom stereocenters. The van der Waals surface area contributed by atoms with Gasteiger partial charge in [0.2, 0.25) is 0 Å². The lowest BCUT2D eigenvalue weighted by molar-refractivity contribution is 0.410. The molecule has 0 aliphatic rings. The van der Waals surface area contributed by atoms with E-state index in [2.05, 4.69) is 0 Å². The summed E-state index contributed by atoms with van der Waals surface area (Å²) >= 11 is 0. The minimum Gasteiger partial charge on any atom is -0.497 e.